The molecule has 7 aromatic rings. The Morgan fingerprint density at radius 2 is 1.53 bits per heavy atom. The number of benzene rings is 4. The summed E-state index contributed by atoms with van der Waals surface area (Å²) in [4.78, 5) is 93.4. The molecule has 3 aromatic heterocycles. The molecule has 4 bridgehead atoms. The third-order valence-electron chi connectivity index (χ3n) is 16.0. The van der Waals surface area contributed by atoms with E-state index in [9.17, 15) is 28.8 Å². The van der Waals surface area contributed by atoms with Gasteiger partial charge in [-0.3, -0.25) is 33.6 Å². The van der Waals surface area contributed by atoms with Crippen LogP contribution in [0, 0.1) is 5.82 Å². The van der Waals surface area contributed by atoms with Gasteiger partial charge in [0.25, 0.3) is 5.91 Å². The number of nitrogens with one attached hydrogen (secondary N) is 6. The summed E-state index contributed by atoms with van der Waals surface area (Å²) in [5.41, 5.74) is 5.80. The van der Waals surface area contributed by atoms with Crippen LogP contribution in [-0.4, -0.2) is 149 Å². The van der Waals surface area contributed by atoms with Gasteiger partial charge in [0.05, 0.1) is 53.9 Å². The van der Waals surface area contributed by atoms with Gasteiger partial charge in [0.1, 0.15) is 42.5 Å². The van der Waals surface area contributed by atoms with Gasteiger partial charge >= 0.3 is 11.9 Å². The zero-order valence-corrected chi connectivity index (χ0v) is 48.9. The molecule has 2 fully saturated rings. The van der Waals surface area contributed by atoms with E-state index in [1.54, 1.807) is 66.9 Å². The molecular weight excluding hydrogens is 1110 g/mol. The lowest BCUT2D eigenvalue weighted by Gasteiger charge is -2.39. The van der Waals surface area contributed by atoms with E-state index >= 15 is 4.39 Å². The van der Waals surface area contributed by atoms with Crippen LogP contribution in [0.3, 0.4) is 0 Å². The van der Waals surface area contributed by atoms with Gasteiger partial charge in [0, 0.05) is 92.7 Å². The maximum Gasteiger partial charge on any atom is 0.340 e. The maximum atomic E-state index is 16.3. The van der Waals surface area contributed by atoms with E-state index in [4.69, 9.17) is 26.5 Å². The number of hydrogen-bond donors (Lipinski definition) is 6. The predicted molar refractivity (Wildman–Crippen MR) is 324 cm³/mol. The van der Waals surface area contributed by atoms with Crippen molar-refractivity contribution in [3.8, 4) is 11.1 Å². The molecule has 7 heterocycles. The lowest BCUT2D eigenvalue weighted by molar-refractivity contribution is -0.147. The van der Waals surface area contributed by atoms with Gasteiger partial charge in [-0.25, -0.2) is 14.2 Å². The molecular formula is C61H72ClFN15O7+. The normalized spacial score (nSPS) is 16.5. The smallest absolute Gasteiger partial charge is 0.340 e. The second kappa shape index (κ2) is 27.0. The predicted octanol–water partition coefficient (Wildman–Crippen LogP) is 7.19. The van der Waals surface area contributed by atoms with Gasteiger partial charge in [-0.15, -0.1) is 9.69 Å². The minimum Gasteiger partial charge on any atom is -0.462 e. The first-order chi connectivity index (χ1) is 41.2. The Morgan fingerprint density at radius 3 is 2.31 bits per heavy atom. The molecule has 22 nitrogen and oxygen atoms in total. The number of piperazine rings is 1. The first-order valence-corrected chi connectivity index (χ1v) is 29.6. The summed E-state index contributed by atoms with van der Waals surface area (Å²) >= 11 is 6.43. The molecule has 0 saturated carbocycles. The summed E-state index contributed by atoms with van der Waals surface area (Å²) in [6.45, 7) is 8.61. The minimum absolute atomic E-state index is 0.000436. The highest BCUT2D eigenvalue weighted by Gasteiger charge is 2.46. The molecule has 2 saturated heterocycles. The summed E-state index contributed by atoms with van der Waals surface area (Å²) in [6, 6.07) is 23.9. The van der Waals surface area contributed by atoms with E-state index < -0.39 is 23.6 Å². The van der Waals surface area contributed by atoms with Crippen LogP contribution in [-0.2, 0) is 35.3 Å². The van der Waals surface area contributed by atoms with Crippen LogP contribution in [0.15, 0.2) is 91.3 Å². The third-order valence-corrected chi connectivity index (χ3v) is 16.3. The first kappa shape index (κ1) is 59.6. The van der Waals surface area contributed by atoms with E-state index in [0.717, 1.165) is 76.2 Å². The molecule has 4 aliphatic rings. The summed E-state index contributed by atoms with van der Waals surface area (Å²) in [6.07, 6.45) is 8.96. The first-order valence-electron chi connectivity index (χ1n) is 29.2. The van der Waals surface area contributed by atoms with Crippen molar-refractivity contribution >= 4 is 97.7 Å². The number of fused-ring (bicyclic) bond motifs is 2. The Morgan fingerprint density at radius 1 is 0.776 bits per heavy atom. The fourth-order valence-corrected chi connectivity index (χ4v) is 11.7. The molecule has 24 heteroatoms. The number of carbonyl (C=O) groups excluding carboxylic acids is 6. The highest BCUT2D eigenvalue weighted by atomic mass is 35.5. The second-order valence-electron chi connectivity index (χ2n) is 22.1. The van der Waals surface area contributed by atoms with Crippen molar-refractivity contribution in [2.75, 3.05) is 88.0 Å². The molecule has 4 aliphatic heterocycles. The number of piperidine rings is 1. The SMILES string of the molecule is CNC(=O)c1ccccc1Nc1nc(Nc2ccc(N3CCN(CCCCCCCNC(=O)CCC(=O)[N+]45CCC(CC4)c4nn(CC(=O)NCC(=O)NCC(=O)OC(C)C)c6cccc(c46)-c4cc6c(cnn65)cc4F)CC3)cc2)ncc1Cl. The lowest BCUT2D eigenvalue weighted by atomic mass is 9.88. The van der Waals surface area contributed by atoms with Crippen LogP contribution >= 0.6 is 11.6 Å². The van der Waals surface area contributed by atoms with Gasteiger partial charge in [-0.2, -0.15) is 10.1 Å². The fraction of sp³-hybridized carbons (Fsp3) is 0.410. The highest BCUT2D eigenvalue weighted by molar-refractivity contribution is 6.33. The number of anilines is 5. The van der Waals surface area contributed by atoms with Crippen molar-refractivity contribution in [3.63, 3.8) is 0 Å². The number of hydrogen-bond acceptors (Lipinski definition) is 15. The standard InChI is InChI=1S/C61H71ClFN15O7/c1-39(2)85-56(83)37-67-53(80)36-66-54(81)38-76-50-15-11-13-44-46-33-51-41(32-48(46)63)34-69-77(51)78(30-22-40(23-31-78)58(73-76)57(44)50)55(82)21-20-52(79)65-24-9-5-4-6-10-25-74-26-28-75(29-27-74)43-18-16-42(17-19-43)70-61-68-35-47(62)59(72-61)71-49-14-8-7-12-45(49)60(84)64-3/h7-8,11-19,32-35,39-40H,4-6,9-10,20-31,36-38H2,1-3H3,(H5-,64,65,66,67,68,70,71,72,79,80,81,84)/p+1. The zero-order chi connectivity index (χ0) is 59.6. The van der Waals surface area contributed by atoms with Gasteiger partial charge in [-0.1, -0.05) is 59.9 Å². The number of rotatable bonds is 24. The van der Waals surface area contributed by atoms with Crippen LogP contribution in [0.2, 0.25) is 5.02 Å². The summed E-state index contributed by atoms with van der Waals surface area (Å²) in [7, 11) is 1.58. The number of esters is 1. The summed E-state index contributed by atoms with van der Waals surface area (Å²) in [5.74, 6) is -2.09. The molecule has 0 unspecified atom stereocenters. The zero-order valence-electron chi connectivity index (χ0n) is 48.1. The van der Waals surface area contributed by atoms with Crippen molar-refractivity contribution in [1.29, 1.82) is 0 Å². The Bertz CT molecular complexity index is 3590. The van der Waals surface area contributed by atoms with Crippen LogP contribution in [0.1, 0.15) is 93.6 Å². The quantitative estimate of drug-likeness (QED) is 0.0199. The molecule has 85 heavy (non-hydrogen) atoms. The highest BCUT2D eigenvalue weighted by Crippen LogP contribution is 2.42. The Labute approximate surface area is 496 Å². The Hall–Kier alpha value is -8.54. The number of carbonyl (C=O) groups is 6. The van der Waals surface area contributed by atoms with E-state index in [1.165, 1.54) is 12.3 Å². The average molecular weight is 1180 g/mol. The van der Waals surface area contributed by atoms with Crippen molar-refractivity contribution in [2.45, 2.75) is 90.2 Å². The van der Waals surface area contributed by atoms with Crippen LogP contribution in [0.25, 0.3) is 32.9 Å². The van der Waals surface area contributed by atoms with Crippen LogP contribution in [0.4, 0.5) is 33.2 Å². The molecule has 0 spiro atoms. The summed E-state index contributed by atoms with van der Waals surface area (Å²) in [5, 5.41) is 28.4. The van der Waals surface area contributed by atoms with Crippen molar-refractivity contribution < 1.29 is 37.9 Å². The molecule has 11 rings (SSSR count). The number of aromatic nitrogens is 6. The molecule has 0 radical (unpaired) electrons. The summed E-state index contributed by atoms with van der Waals surface area (Å²) < 4.78 is 22.7. The number of unbranched alkanes of at least 4 members (excludes halogenated alkanes) is 4. The van der Waals surface area contributed by atoms with E-state index in [1.807, 2.05) is 30.3 Å². The number of amides is 5. The monoisotopic (exact) mass is 1180 g/mol. The number of ether oxygens (including phenoxy) is 1. The number of halogens is 2. The van der Waals surface area contributed by atoms with Crippen molar-refractivity contribution in [1.82, 2.24) is 60.4 Å². The van der Waals surface area contributed by atoms with E-state index in [2.05, 4.69) is 63.8 Å². The van der Waals surface area contributed by atoms with Gasteiger partial charge in [0.2, 0.25) is 23.7 Å². The number of quaternary nitrogens is 1. The van der Waals surface area contributed by atoms with Crippen LogP contribution in [0.5, 0.6) is 0 Å². The molecule has 0 atom stereocenters. The molecule has 0 aliphatic carbocycles. The second-order valence-corrected chi connectivity index (χ2v) is 22.5. The minimum atomic E-state index is -0.588. The largest absolute Gasteiger partial charge is 0.462 e. The molecule has 5 amide bonds. The maximum absolute atomic E-state index is 16.3. The molecule has 4 aromatic carbocycles. The average Bonchev–Trinajstić information content (AvgIpc) is 1.86. The van der Waals surface area contributed by atoms with Crippen LogP contribution < -0.4 is 41.4 Å². The Balaban J connectivity index is 0.651. The molecule has 6 N–H and O–H groups in total. The third kappa shape index (κ3) is 14.0. The fourth-order valence-electron chi connectivity index (χ4n) is 11.6. The molecule has 446 valence electrons. The number of para-hydroxylation sites is 1. The van der Waals surface area contributed by atoms with Crippen molar-refractivity contribution in [2.24, 2.45) is 0 Å². The van der Waals surface area contributed by atoms with Gasteiger partial charge in [-0.05, 0) is 93.4 Å². The lowest BCUT2D eigenvalue weighted by Crippen LogP contribution is -2.65. The van der Waals surface area contributed by atoms with E-state index in [-0.39, 0.29) is 66.8 Å². The topological polar surface area (TPSA) is 252 Å². The van der Waals surface area contributed by atoms with Gasteiger partial charge < -0.3 is 41.5 Å². The Kier molecular flexibility index (Phi) is 18.9. The van der Waals surface area contributed by atoms with Gasteiger partial charge in [0.15, 0.2) is 5.82 Å². The number of nitrogens with zero attached hydrogens (tertiary/aromatic N) is 9. The van der Waals surface area contributed by atoms with Crippen molar-refractivity contribution in [3.05, 3.63) is 113 Å². The van der Waals surface area contributed by atoms with E-state index in [0.29, 0.717) is 99.1 Å².